The molecule has 0 saturated carbocycles. The lowest BCUT2D eigenvalue weighted by Crippen LogP contribution is -2.31. The summed E-state index contributed by atoms with van der Waals surface area (Å²) in [6.45, 7) is 6.64. The van der Waals surface area contributed by atoms with E-state index in [1.54, 1.807) is 39.0 Å². The molecule has 10 heteroatoms. The number of aliphatic hydroxyl groups is 1. The summed E-state index contributed by atoms with van der Waals surface area (Å²) in [7, 11) is 0. The van der Waals surface area contributed by atoms with Crippen LogP contribution in [0.4, 0.5) is 5.13 Å². The van der Waals surface area contributed by atoms with Crippen LogP contribution in [0.1, 0.15) is 54.3 Å². The Bertz CT molecular complexity index is 1320. The Balaban J connectivity index is 1.91. The zero-order valence-electron chi connectivity index (χ0n) is 17.6. The molecular formula is C22H18BrN3O4S2. The molecular weight excluding hydrogens is 514 g/mol. The average molecular weight is 532 g/mol. The van der Waals surface area contributed by atoms with Crippen molar-refractivity contribution in [3.05, 3.63) is 71.8 Å². The number of aromatic nitrogens is 2. The zero-order chi connectivity index (χ0) is 23.3. The average Bonchev–Trinajstić information content (AvgIpc) is 3.35. The summed E-state index contributed by atoms with van der Waals surface area (Å²) in [5, 5.41) is 11.8. The number of Topliss-reactive ketones (excluding diaryl/α,β-unsaturated/α-hetero) is 2. The normalized spacial score (nSPS) is 16.2. The van der Waals surface area contributed by atoms with Crippen LogP contribution in [-0.2, 0) is 4.79 Å². The highest BCUT2D eigenvalue weighted by Crippen LogP contribution is 2.44. The van der Waals surface area contributed by atoms with E-state index < -0.39 is 23.5 Å². The number of carbonyl (C=O) groups excluding carboxylic acids is 3. The highest BCUT2D eigenvalue weighted by Gasteiger charge is 2.46. The van der Waals surface area contributed by atoms with E-state index in [4.69, 9.17) is 0 Å². The van der Waals surface area contributed by atoms with Crippen LogP contribution in [0.2, 0.25) is 0 Å². The molecule has 164 valence electrons. The fourth-order valence-electron chi connectivity index (χ4n) is 3.70. The third-order valence-electron chi connectivity index (χ3n) is 5.04. The predicted molar refractivity (Wildman–Crippen MR) is 127 cm³/mol. The molecule has 0 radical (unpaired) electrons. The van der Waals surface area contributed by atoms with Crippen molar-refractivity contribution in [3.8, 4) is 0 Å². The van der Waals surface area contributed by atoms with Gasteiger partial charge in [0.2, 0.25) is 5.78 Å². The van der Waals surface area contributed by atoms with E-state index in [9.17, 15) is 19.5 Å². The molecule has 1 N–H and O–H groups in total. The van der Waals surface area contributed by atoms with Crippen LogP contribution >= 0.6 is 38.6 Å². The first-order valence-corrected chi connectivity index (χ1v) is 12.0. The number of hydrogen-bond donors (Lipinski definition) is 1. The number of halogens is 1. The molecule has 1 aliphatic heterocycles. The Morgan fingerprint density at radius 3 is 2.34 bits per heavy atom. The monoisotopic (exact) mass is 531 g/mol. The molecule has 1 aromatic carbocycles. The number of aliphatic hydroxyl groups excluding tert-OH is 1. The predicted octanol–water partition coefficient (Wildman–Crippen LogP) is 5.27. The standard InChI is InChI=1S/C22H18BrN3O4S2/c1-9-19(11(3)27)32-22(25-9)26-16(13-6-5-7-14(23)8-13)15(18(29)21(26)30)17(28)20-10(2)24-12(4)31-20/h5-8,16,29H,1-4H3. The number of aryl methyl sites for hydroxylation is 3. The van der Waals surface area contributed by atoms with Gasteiger partial charge in [-0.15, -0.1) is 11.3 Å². The first-order valence-electron chi connectivity index (χ1n) is 9.59. The Morgan fingerprint density at radius 2 is 1.78 bits per heavy atom. The lowest BCUT2D eigenvalue weighted by molar-refractivity contribution is -0.117. The Kier molecular flexibility index (Phi) is 5.87. The summed E-state index contributed by atoms with van der Waals surface area (Å²) in [5.74, 6) is -1.98. The molecule has 32 heavy (non-hydrogen) atoms. The van der Waals surface area contributed by atoms with Gasteiger partial charge in [-0.1, -0.05) is 39.4 Å². The summed E-state index contributed by atoms with van der Waals surface area (Å²) in [6, 6.07) is 6.27. The minimum absolute atomic E-state index is 0.0305. The number of thiazole rings is 2. The number of hydrogen-bond acceptors (Lipinski definition) is 8. The van der Waals surface area contributed by atoms with Crippen molar-refractivity contribution < 1.29 is 19.5 Å². The first-order chi connectivity index (χ1) is 15.1. The van der Waals surface area contributed by atoms with E-state index in [1.807, 2.05) is 6.07 Å². The first kappa shape index (κ1) is 22.5. The van der Waals surface area contributed by atoms with Crippen LogP contribution in [0.5, 0.6) is 0 Å². The summed E-state index contributed by atoms with van der Waals surface area (Å²) in [6.07, 6.45) is 0. The molecule has 1 aliphatic rings. The lowest BCUT2D eigenvalue weighted by atomic mass is 9.95. The molecule has 4 rings (SSSR count). The number of nitrogens with zero attached hydrogens (tertiary/aromatic N) is 3. The Labute approximate surface area is 200 Å². The van der Waals surface area contributed by atoms with Crippen LogP contribution in [0.25, 0.3) is 0 Å². The molecule has 1 unspecified atom stereocenters. The zero-order valence-corrected chi connectivity index (χ0v) is 20.8. The van der Waals surface area contributed by atoms with E-state index in [0.29, 0.717) is 31.7 Å². The van der Waals surface area contributed by atoms with Crippen molar-refractivity contribution in [2.75, 3.05) is 4.90 Å². The maximum atomic E-state index is 13.6. The summed E-state index contributed by atoms with van der Waals surface area (Å²) in [5.41, 5.74) is 1.63. The minimum atomic E-state index is -0.903. The number of ketones is 2. The van der Waals surface area contributed by atoms with Gasteiger partial charge in [-0.3, -0.25) is 19.3 Å². The van der Waals surface area contributed by atoms with Gasteiger partial charge in [0.25, 0.3) is 5.91 Å². The van der Waals surface area contributed by atoms with Gasteiger partial charge in [-0.2, -0.15) is 0 Å². The highest BCUT2D eigenvalue weighted by atomic mass is 79.9. The SMILES string of the molecule is CC(=O)c1sc(N2C(=O)C(O)=C(C(=O)c3sc(C)nc3C)C2c2cccc(Br)c2)nc1C. The lowest BCUT2D eigenvalue weighted by Gasteiger charge is -2.24. The van der Waals surface area contributed by atoms with Crippen molar-refractivity contribution in [1.82, 2.24) is 9.97 Å². The van der Waals surface area contributed by atoms with E-state index >= 15 is 0 Å². The summed E-state index contributed by atoms with van der Waals surface area (Å²) < 4.78 is 0.755. The molecule has 1 amide bonds. The van der Waals surface area contributed by atoms with Crippen LogP contribution < -0.4 is 4.90 Å². The van der Waals surface area contributed by atoms with Crippen LogP contribution in [0.3, 0.4) is 0 Å². The quantitative estimate of drug-likeness (QED) is 0.450. The second-order valence-electron chi connectivity index (χ2n) is 7.34. The maximum Gasteiger partial charge on any atom is 0.296 e. The Morgan fingerprint density at radius 1 is 1.09 bits per heavy atom. The number of rotatable bonds is 5. The topological polar surface area (TPSA) is 100 Å². The molecule has 0 spiro atoms. The molecule has 3 heterocycles. The van der Waals surface area contributed by atoms with Gasteiger partial charge in [0, 0.05) is 11.4 Å². The Hall–Kier alpha value is -2.69. The fraction of sp³-hybridized carbons (Fsp3) is 0.227. The highest BCUT2D eigenvalue weighted by molar-refractivity contribution is 9.10. The second-order valence-corrected chi connectivity index (χ2v) is 10.4. The van der Waals surface area contributed by atoms with Gasteiger partial charge in [0.1, 0.15) is 0 Å². The van der Waals surface area contributed by atoms with Gasteiger partial charge in [0.05, 0.1) is 37.8 Å². The molecule has 7 nitrogen and oxygen atoms in total. The summed E-state index contributed by atoms with van der Waals surface area (Å²) in [4.78, 5) is 49.6. The van der Waals surface area contributed by atoms with Gasteiger partial charge in [-0.25, -0.2) is 9.97 Å². The van der Waals surface area contributed by atoms with Crippen molar-refractivity contribution in [2.45, 2.75) is 33.7 Å². The van der Waals surface area contributed by atoms with Crippen LogP contribution in [0.15, 0.2) is 40.1 Å². The number of carbonyl (C=O) groups is 3. The molecule has 2 aromatic heterocycles. The number of amides is 1. The molecule has 0 saturated heterocycles. The molecule has 0 aliphatic carbocycles. The minimum Gasteiger partial charge on any atom is -0.503 e. The van der Waals surface area contributed by atoms with Gasteiger partial charge < -0.3 is 5.11 Å². The van der Waals surface area contributed by atoms with Crippen LogP contribution in [-0.4, -0.2) is 32.5 Å². The largest absolute Gasteiger partial charge is 0.503 e. The molecule has 3 aromatic rings. The molecule has 0 fully saturated rings. The number of anilines is 1. The van der Waals surface area contributed by atoms with E-state index in [2.05, 4.69) is 25.9 Å². The van der Waals surface area contributed by atoms with Gasteiger partial charge in [-0.05, 0) is 38.5 Å². The fourth-order valence-corrected chi connectivity index (χ4v) is 5.98. The third kappa shape index (κ3) is 3.72. The van der Waals surface area contributed by atoms with E-state index in [1.165, 1.54) is 23.2 Å². The van der Waals surface area contributed by atoms with E-state index in [0.717, 1.165) is 15.8 Å². The summed E-state index contributed by atoms with van der Waals surface area (Å²) >= 11 is 5.72. The number of benzene rings is 1. The van der Waals surface area contributed by atoms with E-state index in [-0.39, 0.29) is 16.5 Å². The van der Waals surface area contributed by atoms with Gasteiger partial charge >= 0.3 is 0 Å². The smallest absolute Gasteiger partial charge is 0.296 e. The van der Waals surface area contributed by atoms with Crippen molar-refractivity contribution in [3.63, 3.8) is 0 Å². The van der Waals surface area contributed by atoms with Gasteiger partial charge in [0.15, 0.2) is 16.7 Å². The van der Waals surface area contributed by atoms with Crippen molar-refractivity contribution >= 4 is 61.2 Å². The second kappa shape index (κ2) is 8.34. The molecule has 0 bridgehead atoms. The van der Waals surface area contributed by atoms with Crippen molar-refractivity contribution in [2.24, 2.45) is 0 Å². The van der Waals surface area contributed by atoms with Crippen molar-refractivity contribution in [1.29, 1.82) is 0 Å². The third-order valence-corrected chi connectivity index (χ3v) is 7.86. The van der Waals surface area contributed by atoms with Crippen LogP contribution in [0, 0.1) is 20.8 Å². The maximum absolute atomic E-state index is 13.6. The molecule has 1 atom stereocenters.